The predicted molar refractivity (Wildman–Crippen MR) is 102 cm³/mol. The number of rotatable bonds is 2. The van der Waals surface area contributed by atoms with Crippen LogP contribution in [-0.4, -0.2) is 15.0 Å². The maximum atomic E-state index is 6.22. The van der Waals surface area contributed by atoms with Gasteiger partial charge in [0.1, 0.15) is 11.3 Å². The summed E-state index contributed by atoms with van der Waals surface area (Å²) >= 11 is 6.22. The topological polar surface area (TPSA) is 47.9 Å². The minimum Gasteiger partial charge on any atom is -0.435 e. The van der Waals surface area contributed by atoms with Gasteiger partial charge in [-0.1, -0.05) is 48.9 Å². The van der Waals surface area contributed by atoms with Crippen LogP contribution in [0.4, 0.5) is 0 Å². The number of aromatic nitrogens is 3. The molecule has 0 N–H and O–H groups in total. The Hall–Kier alpha value is -2.64. The second-order valence-electron chi connectivity index (χ2n) is 6.36. The molecule has 0 amide bonds. The Bertz CT molecular complexity index is 987. The molecule has 1 aromatic carbocycles. The van der Waals surface area contributed by atoms with Gasteiger partial charge in [-0.3, -0.25) is 0 Å². The van der Waals surface area contributed by atoms with Crippen LogP contribution in [0.25, 0.3) is 11.2 Å². The van der Waals surface area contributed by atoms with Crippen molar-refractivity contribution in [3.05, 3.63) is 53.3 Å². The van der Waals surface area contributed by atoms with Gasteiger partial charge in [-0.25, -0.2) is 15.0 Å². The van der Waals surface area contributed by atoms with E-state index in [0.29, 0.717) is 39.4 Å². The quantitative estimate of drug-likeness (QED) is 0.572. The Morgan fingerprint density at radius 2 is 1.85 bits per heavy atom. The number of benzene rings is 1. The molecule has 1 saturated carbocycles. The van der Waals surface area contributed by atoms with Gasteiger partial charge in [-0.05, 0) is 43.0 Å². The van der Waals surface area contributed by atoms with Crippen LogP contribution in [-0.2, 0) is 0 Å². The first-order valence-electron chi connectivity index (χ1n) is 8.86. The molecule has 1 aliphatic rings. The van der Waals surface area contributed by atoms with Crippen molar-refractivity contribution in [2.24, 2.45) is 5.92 Å². The van der Waals surface area contributed by atoms with E-state index < -0.39 is 0 Å². The Kier molecular flexibility index (Phi) is 4.99. The number of pyridine rings is 1. The lowest BCUT2D eigenvalue weighted by Crippen LogP contribution is -2.04. The van der Waals surface area contributed by atoms with Crippen molar-refractivity contribution in [1.82, 2.24) is 15.0 Å². The van der Waals surface area contributed by atoms with Gasteiger partial charge in [0.15, 0.2) is 11.3 Å². The molecule has 4 nitrogen and oxygen atoms in total. The van der Waals surface area contributed by atoms with Crippen LogP contribution >= 0.6 is 11.6 Å². The fourth-order valence-electron chi connectivity index (χ4n) is 3.08. The molecule has 0 bridgehead atoms. The second kappa shape index (κ2) is 7.72. The molecular weight excluding hydrogens is 346 g/mol. The average Bonchev–Trinajstić information content (AvgIpc) is 2.69. The molecule has 4 rings (SSSR count). The van der Waals surface area contributed by atoms with Crippen molar-refractivity contribution in [3.63, 3.8) is 0 Å². The predicted octanol–water partition coefficient (Wildman–Crippen LogP) is 5.40. The lowest BCUT2D eigenvalue weighted by atomic mass is 9.90. The first-order valence-corrected chi connectivity index (χ1v) is 9.24. The van der Waals surface area contributed by atoms with Crippen LogP contribution in [0, 0.1) is 17.8 Å². The number of hydrogen-bond acceptors (Lipinski definition) is 4. The maximum absolute atomic E-state index is 6.22. The van der Waals surface area contributed by atoms with Crippen LogP contribution in [0.15, 0.2) is 42.6 Å². The molecule has 1 fully saturated rings. The molecule has 5 heteroatoms. The van der Waals surface area contributed by atoms with Crippen molar-refractivity contribution in [3.8, 4) is 23.5 Å². The summed E-state index contributed by atoms with van der Waals surface area (Å²) in [5.74, 6) is 7.85. The molecular formula is C21H18ClN3O. The lowest BCUT2D eigenvalue weighted by molar-refractivity contribution is 0.430. The third kappa shape index (κ3) is 3.79. The summed E-state index contributed by atoms with van der Waals surface area (Å²) in [6, 6.07) is 11.0. The zero-order valence-electron chi connectivity index (χ0n) is 14.3. The molecule has 130 valence electrons. The molecule has 0 radical (unpaired) electrons. The van der Waals surface area contributed by atoms with Gasteiger partial charge < -0.3 is 4.74 Å². The summed E-state index contributed by atoms with van der Waals surface area (Å²) in [7, 11) is 0. The van der Waals surface area contributed by atoms with Crippen LogP contribution < -0.4 is 4.74 Å². The summed E-state index contributed by atoms with van der Waals surface area (Å²) < 4.78 is 5.95. The lowest BCUT2D eigenvalue weighted by Gasteiger charge is -2.15. The normalized spacial score (nSPS) is 14.7. The first-order chi connectivity index (χ1) is 12.8. The third-order valence-corrected chi connectivity index (χ3v) is 4.76. The van der Waals surface area contributed by atoms with Crippen LogP contribution in [0.1, 0.15) is 37.8 Å². The second-order valence-corrected chi connectivity index (χ2v) is 6.77. The van der Waals surface area contributed by atoms with E-state index in [0.717, 1.165) is 12.8 Å². The van der Waals surface area contributed by atoms with Crippen molar-refractivity contribution in [2.75, 3.05) is 0 Å². The minimum absolute atomic E-state index is 0.363. The summed E-state index contributed by atoms with van der Waals surface area (Å²) in [4.78, 5) is 13.4. The highest BCUT2D eigenvalue weighted by Crippen LogP contribution is 2.30. The third-order valence-electron chi connectivity index (χ3n) is 4.45. The summed E-state index contributed by atoms with van der Waals surface area (Å²) in [6.07, 6.45) is 7.78. The minimum atomic E-state index is 0.363. The van der Waals surface area contributed by atoms with E-state index in [1.165, 1.54) is 19.3 Å². The number of ether oxygens (including phenoxy) is 1. The summed E-state index contributed by atoms with van der Waals surface area (Å²) in [5.41, 5.74) is 1.73. The van der Waals surface area contributed by atoms with Crippen molar-refractivity contribution >= 4 is 22.8 Å². The molecule has 0 spiro atoms. The van der Waals surface area contributed by atoms with Gasteiger partial charge in [-0.2, -0.15) is 0 Å². The van der Waals surface area contributed by atoms with E-state index >= 15 is 0 Å². The fraction of sp³-hybridized carbons (Fsp3) is 0.286. The van der Waals surface area contributed by atoms with E-state index in [1.807, 2.05) is 24.3 Å². The van der Waals surface area contributed by atoms with Gasteiger partial charge >= 0.3 is 0 Å². The summed E-state index contributed by atoms with van der Waals surface area (Å²) in [5, 5.41) is 0.520. The highest BCUT2D eigenvalue weighted by atomic mass is 35.5. The van der Waals surface area contributed by atoms with Crippen molar-refractivity contribution in [1.29, 1.82) is 0 Å². The van der Waals surface area contributed by atoms with Crippen LogP contribution in [0.5, 0.6) is 11.6 Å². The molecule has 0 unspecified atom stereocenters. The Morgan fingerprint density at radius 3 is 2.69 bits per heavy atom. The largest absolute Gasteiger partial charge is 0.435 e. The molecule has 0 atom stereocenters. The van der Waals surface area contributed by atoms with Crippen molar-refractivity contribution < 1.29 is 4.74 Å². The number of para-hydroxylation sites is 1. The van der Waals surface area contributed by atoms with E-state index in [1.54, 1.807) is 18.3 Å². The highest BCUT2D eigenvalue weighted by molar-refractivity contribution is 6.32. The number of hydrogen-bond donors (Lipinski definition) is 0. The molecule has 26 heavy (non-hydrogen) atoms. The average molecular weight is 364 g/mol. The van der Waals surface area contributed by atoms with Crippen molar-refractivity contribution in [2.45, 2.75) is 32.1 Å². The zero-order valence-corrected chi connectivity index (χ0v) is 15.0. The SMILES string of the molecule is Clc1ccccc1Oc1nc2cccnc2nc1C#CC1CCCCC1. The summed E-state index contributed by atoms with van der Waals surface area (Å²) in [6.45, 7) is 0. The Labute approximate surface area is 157 Å². The highest BCUT2D eigenvalue weighted by Gasteiger charge is 2.14. The van der Waals surface area contributed by atoms with Crippen LogP contribution in [0.2, 0.25) is 5.02 Å². The molecule has 2 heterocycles. The van der Waals surface area contributed by atoms with E-state index in [2.05, 4.69) is 26.8 Å². The molecule has 0 aliphatic heterocycles. The van der Waals surface area contributed by atoms with Gasteiger partial charge in [0.2, 0.25) is 0 Å². The zero-order chi connectivity index (χ0) is 17.8. The van der Waals surface area contributed by atoms with E-state index in [-0.39, 0.29) is 0 Å². The number of halogens is 1. The smallest absolute Gasteiger partial charge is 0.255 e. The van der Waals surface area contributed by atoms with E-state index in [9.17, 15) is 0 Å². The van der Waals surface area contributed by atoms with Gasteiger partial charge in [-0.15, -0.1) is 0 Å². The first kappa shape index (κ1) is 16.8. The Balaban J connectivity index is 1.74. The molecule has 0 saturated heterocycles. The molecule has 3 aromatic rings. The van der Waals surface area contributed by atoms with Crippen LogP contribution in [0.3, 0.4) is 0 Å². The number of nitrogens with zero attached hydrogens (tertiary/aromatic N) is 3. The number of fused-ring (bicyclic) bond motifs is 1. The van der Waals surface area contributed by atoms with Gasteiger partial charge in [0.25, 0.3) is 5.88 Å². The van der Waals surface area contributed by atoms with Gasteiger partial charge in [0, 0.05) is 12.1 Å². The molecule has 2 aromatic heterocycles. The monoisotopic (exact) mass is 363 g/mol. The van der Waals surface area contributed by atoms with E-state index in [4.69, 9.17) is 16.3 Å². The standard InChI is InChI=1S/C21H18ClN3O/c22-16-9-4-5-11-19(16)26-21-18(13-12-15-7-2-1-3-8-15)24-20-17(25-21)10-6-14-23-20/h4-6,9-11,14-15H,1-3,7-8H2. The molecule has 1 aliphatic carbocycles. The maximum Gasteiger partial charge on any atom is 0.255 e. The fourth-order valence-corrected chi connectivity index (χ4v) is 3.25. The van der Waals surface area contributed by atoms with Gasteiger partial charge in [0.05, 0.1) is 5.02 Å². The Morgan fingerprint density at radius 1 is 1.00 bits per heavy atom.